The number of rotatable bonds is 3. The summed E-state index contributed by atoms with van der Waals surface area (Å²) in [6.45, 7) is 1.63. The first-order chi connectivity index (χ1) is 11.5. The summed E-state index contributed by atoms with van der Waals surface area (Å²) in [6, 6.07) is 8.14. The van der Waals surface area contributed by atoms with E-state index in [1.165, 1.54) is 6.07 Å². The van der Waals surface area contributed by atoms with Crippen LogP contribution in [0.5, 0.6) is 0 Å². The van der Waals surface area contributed by atoms with Crippen LogP contribution in [-0.2, 0) is 9.53 Å². The zero-order valence-corrected chi connectivity index (χ0v) is 13.3. The van der Waals surface area contributed by atoms with Crippen LogP contribution in [0.25, 0.3) is 0 Å². The fourth-order valence-corrected chi connectivity index (χ4v) is 3.07. The molecule has 1 aromatic carbocycles. The van der Waals surface area contributed by atoms with Gasteiger partial charge in [-0.05, 0) is 37.8 Å². The van der Waals surface area contributed by atoms with Gasteiger partial charge in [0.05, 0.1) is 17.3 Å². The molecule has 0 amide bonds. The first-order valence-electron chi connectivity index (χ1n) is 7.92. The van der Waals surface area contributed by atoms with Gasteiger partial charge in [0.15, 0.2) is 0 Å². The number of allylic oxidation sites excluding steroid dienone is 1. The molecule has 2 aliphatic rings. The number of esters is 1. The van der Waals surface area contributed by atoms with E-state index >= 15 is 0 Å². The molecule has 1 fully saturated rings. The lowest BCUT2D eigenvalue weighted by Gasteiger charge is -2.31. The van der Waals surface area contributed by atoms with Gasteiger partial charge in [0.2, 0.25) is 0 Å². The first kappa shape index (κ1) is 16.2. The van der Waals surface area contributed by atoms with Gasteiger partial charge < -0.3 is 10.5 Å². The molecule has 1 aliphatic heterocycles. The average molecular weight is 327 g/mol. The topological polar surface area (TPSA) is 88.5 Å². The fourth-order valence-electron chi connectivity index (χ4n) is 3.07. The Bertz CT molecular complexity index is 775. The van der Waals surface area contributed by atoms with Gasteiger partial charge in [-0.3, -0.25) is 0 Å². The van der Waals surface area contributed by atoms with Gasteiger partial charge in [0.25, 0.3) is 0 Å². The molecular weight excluding hydrogens is 309 g/mol. The Hall–Kier alpha value is -2.68. The molecule has 1 heterocycles. The summed E-state index contributed by atoms with van der Waals surface area (Å²) >= 11 is 0. The molecule has 6 heteroatoms. The van der Waals surface area contributed by atoms with Gasteiger partial charge in [0, 0.05) is 5.92 Å². The molecule has 0 saturated heterocycles. The van der Waals surface area contributed by atoms with Crippen LogP contribution >= 0.6 is 0 Å². The molecule has 0 radical (unpaired) electrons. The predicted octanol–water partition coefficient (Wildman–Crippen LogP) is 2.79. The Balaban J connectivity index is 2.06. The van der Waals surface area contributed by atoms with Crippen LogP contribution in [0.15, 0.2) is 40.5 Å². The predicted molar refractivity (Wildman–Crippen MR) is 86.3 cm³/mol. The maximum absolute atomic E-state index is 14.3. The molecule has 2 N–H and O–H groups in total. The van der Waals surface area contributed by atoms with Crippen LogP contribution < -0.4 is 5.73 Å². The number of aliphatic imine (C=N–C) groups is 1. The number of carbonyl (C=O) groups excluding carboxylic acids is 1. The van der Waals surface area contributed by atoms with Crippen molar-refractivity contribution in [2.45, 2.75) is 38.2 Å². The van der Waals surface area contributed by atoms with Crippen molar-refractivity contribution in [1.29, 1.82) is 5.26 Å². The number of nitriles is 1. The van der Waals surface area contributed by atoms with E-state index in [9.17, 15) is 14.4 Å². The smallest absolute Gasteiger partial charge is 0.336 e. The Morgan fingerprint density at radius 2 is 2.12 bits per heavy atom. The highest BCUT2D eigenvalue weighted by molar-refractivity contribution is 5.98. The zero-order valence-electron chi connectivity index (χ0n) is 13.3. The maximum atomic E-state index is 14.3. The molecule has 2 atom stereocenters. The van der Waals surface area contributed by atoms with Crippen molar-refractivity contribution in [2.24, 2.45) is 16.6 Å². The molecule has 24 heavy (non-hydrogen) atoms. The van der Waals surface area contributed by atoms with Crippen LogP contribution in [0, 0.1) is 23.1 Å². The number of benzene rings is 1. The van der Waals surface area contributed by atoms with E-state index in [-0.39, 0.29) is 23.1 Å². The van der Waals surface area contributed by atoms with E-state index in [1.807, 2.05) is 0 Å². The number of carbonyl (C=O) groups is 1. The van der Waals surface area contributed by atoms with E-state index in [0.29, 0.717) is 5.70 Å². The lowest BCUT2D eigenvalue weighted by atomic mass is 9.77. The monoisotopic (exact) mass is 327 g/mol. The van der Waals surface area contributed by atoms with Gasteiger partial charge in [0.1, 0.15) is 23.7 Å². The quantitative estimate of drug-likeness (QED) is 0.865. The third-order valence-electron chi connectivity index (χ3n) is 4.57. The minimum Gasteiger partial charge on any atom is -0.459 e. The highest BCUT2D eigenvalue weighted by Crippen LogP contribution is 2.40. The van der Waals surface area contributed by atoms with Crippen LogP contribution in [0.4, 0.5) is 4.39 Å². The van der Waals surface area contributed by atoms with Crippen LogP contribution in [0.2, 0.25) is 0 Å². The van der Waals surface area contributed by atoms with Crippen molar-refractivity contribution < 1.29 is 13.9 Å². The molecule has 1 aliphatic carbocycles. The van der Waals surface area contributed by atoms with E-state index in [4.69, 9.17) is 10.5 Å². The standard InChI is InChI=1S/C18H18FN3O2/c1-10-15(18(23)24-11-5-4-6-11)16(13(9-20)17(21)22-10)12-7-2-3-8-14(12)19/h2-3,7-8,11,13,16H,4-6H2,1H3,(H2,21,22). The average Bonchev–Trinajstić information content (AvgIpc) is 2.50. The van der Waals surface area contributed by atoms with Gasteiger partial charge in [-0.25, -0.2) is 14.2 Å². The molecule has 124 valence electrons. The molecule has 1 aromatic rings. The Morgan fingerprint density at radius 3 is 2.71 bits per heavy atom. The second-order valence-electron chi connectivity index (χ2n) is 6.10. The minimum absolute atomic E-state index is 0.0865. The van der Waals surface area contributed by atoms with Gasteiger partial charge in [-0.2, -0.15) is 5.26 Å². The third-order valence-corrected chi connectivity index (χ3v) is 4.57. The van der Waals surface area contributed by atoms with E-state index in [1.54, 1.807) is 25.1 Å². The van der Waals surface area contributed by atoms with Crippen molar-refractivity contribution in [2.75, 3.05) is 0 Å². The number of hydrogen-bond donors (Lipinski definition) is 1. The molecule has 2 unspecified atom stereocenters. The summed E-state index contributed by atoms with van der Waals surface area (Å²) in [5, 5.41) is 9.50. The molecule has 5 nitrogen and oxygen atoms in total. The Labute approximate surface area is 139 Å². The summed E-state index contributed by atoms with van der Waals surface area (Å²) < 4.78 is 19.8. The lowest BCUT2D eigenvalue weighted by molar-refractivity contribution is -0.148. The number of ether oxygens (including phenoxy) is 1. The summed E-state index contributed by atoms with van der Waals surface area (Å²) in [5.41, 5.74) is 6.72. The molecular formula is C18H18FN3O2. The van der Waals surface area contributed by atoms with Crippen LogP contribution in [0.3, 0.4) is 0 Å². The van der Waals surface area contributed by atoms with Crippen molar-refractivity contribution in [3.8, 4) is 6.07 Å². The summed E-state index contributed by atoms with van der Waals surface area (Å²) in [6.07, 6.45) is 2.58. The Morgan fingerprint density at radius 1 is 1.42 bits per heavy atom. The van der Waals surface area contributed by atoms with Crippen LogP contribution in [-0.4, -0.2) is 17.9 Å². The number of amidine groups is 1. The second kappa shape index (κ2) is 6.44. The summed E-state index contributed by atoms with van der Waals surface area (Å²) in [7, 11) is 0. The van der Waals surface area contributed by atoms with Gasteiger partial charge in [-0.1, -0.05) is 18.2 Å². The number of nitrogens with zero attached hydrogens (tertiary/aromatic N) is 2. The highest BCUT2D eigenvalue weighted by Gasteiger charge is 2.40. The number of hydrogen-bond acceptors (Lipinski definition) is 5. The number of nitrogens with two attached hydrogens (primary N) is 1. The van der Waals surface area contributed by atoms with Gasteiger partial charge >= 0.3 is 5.97 Å². The molecule has 0 spiro atoms. The molecule has 1 saturated carbocycles. The zero-order chi connectivity index (χ0) is 17.3. The number of halogens is 1. The largest absolute Gasteiger partial charge is 0.459 e. The molecule has 0 aromatic heterocycles. The summed E-state index contributed by atoms with van der Waals surface area (Å²) in [5.74, 6) is -2.67. The van der Waals surface area contributed by atoms with E-state index in [2.05, 4.69) is 11.1 Å². The normalized spacial score (nSPS) is 24.0. The van der Waals surface area contributed by atoms with Crippen molar-refractivity contribution in [3.63, 3.8) is 0 Å². The van der Waals surface area contributed by atoms with Crippen LogP contribution in [0.1, 0.15) is 37.7 Å². The SMILES string of the molecule is CC1=C(C(=O)OC2CCC2)C(c2ccccc2F)C(C#N)C(N)=N1. The second-order valence-corrected chi connectivity index (χ2v) is 6.10. The molecule has 3 rings (SSSR count). The van der Waals surface area contributed by atoms with Crippen molar-refractivity contribution >= 4 is 11.8 Å². The van der Waals surface area contributed by atoms with Gasteiger partial charge in [-0.15, -0.1) is 0 Å². The maximum Gasteiger partial charge on any atom is 0.336 e. The highest BCUT2D eigenvalue weighted by atomic mass is 19.1. The van der Waals surface area contributed by atoms with Crippen molar-refractivity contribution in [1.82, 2.24) is 0 Å². The fraction of sp³-hybridized carbons (Fsp3) is 0.389. The Kier molecular flexibility index (Phi) is 4.34. The summed E-state index contributed by atoms with van der Waals surface area (Å²) in [4.78, 5) is 16.8. The first-order valence-corrected chi connectivity index (χ1v) is 7.92. The third kappa shape index (κ3) is 2.78. The molecule has 0 bridgehead atoms. The lowest BCUT2D eigenvalue weighted by Crippen LogP contribution is -2.36. The van der Waals surface area contributed by atoms with Crippen molar-refractivity contribution in [3.05, 3.63) is 46.9 Å². The van der Waals surface area contributed by atoms with E-state index in [0.717, 1.165) is 19.3 Å². The van der Waals surface area contributed by atoms with E-state index < -0.39 is 23.6 Å². The minimum atomic E-state index is -0.908.